The first-order valence-corrected chi connectivity index (χ1v) is 8.01. The lowest BCUT2D eigenvalue weighted by Crippen LogP contribution is -2.34. The lowest BCUT2D eigenvalue weighted by atomic mass is 10.2. The van der Waals surface area contributed by atoms with Crippen LogP contribution >= 0.6 is 12.2 Å². The molecule has 2 N–H and O–H groups in total. The van der Waals surface area contributed by atoms with Crippen LogP contribution in [0.5, 0.6) is 5.75 Å². The fraction of sp³-hybridized carbons (Fsp3) is 0.222. The summed E-state index contributed by atoms with van der Waals surface area (Å²) in [4.78, 5) is 14.1. The Labute approximate surface area is 147 Å². The first kappa shape index (κ1) is 17.9. The highest BCUT2D eigenvalue weighted by Crippen LogP contribution is 2.23. The van der Waals surface area contributed by atoms with Gasteiger partial charge in [-0.1, -0.05) is 30.3 Å². The Morgan fingerprint density at radius 3 is 2.46 bits per heavy atom. The minimum Gasteiger partial charge on any atom is -0.490 e. The summed E-state index contributed by atoms with van der Waals surface area (Å²) in [6.07, 6.45) is 0. The SMILES string of the molecule is CN(C)CCOc1ccccc1NC(=S)NC(=O)c1ccccc1. The summed E-state index contributed by atoms with van der Waals surface area (Å²) in [5.41, 5.74) is 1.27. The number of benzene rings is 2. The molecule has 0 saturated heterocycles. The highest BCUT2D eigenvalue weighted by Gasteiger charge is 2.09. The number of nitrogens with one attached hydrogen (secondary N) is 2. The molecule has 2 aromatic rings. The molecule has 2 aromatic carbocycles. The minimum atomic E-state index is -0.251. The van der Waals surface area contributed by atoms with E-state index in [1.165, 1.54) is 0 Å². The van der Waals surface area contributed by atoms with E-state index in [1.807, 2.05) is 49.3 Å². The van der Waals surface area contributed by atoms with Crippen LogP contribution in [-0.4, -0.2) is 43.2 Å². The monoisotopic (exact) mass is 343 g/mol. The molecule has 0 aliphatic heterocycles. The molecule has 0 spiro atoms. The molecule has 5 nitrogen and oxygen atoms in total. The number of likely N-dealkylation sites (N-methyl/N-ethyl adjacent to an activating group) is 1. The summed E-state index contributed by atoms with van der Waals surface area (Å²) < 4.78 is 5.76. The van der Waals surface area contributed by atoms with Gasteiger partial charge in [-0.2, -0.15) is 0 Å². The maximum absolute atomic E-state index is 12.1. The number of carbonyl (C=O) groups is 1. The zero-order chi connectivity index (χ0) is 17.4. The Bertz CT molecular complexity index is 690. The van der Waals surface area contributed by atoms with E-state index in [0.29, 0.717) is 17.9 Å². The second kappa shape index (κ2) is 9.00. The van der Waals surface area contributed by atoms with E-state index >= 15 is 0 Å². The van der Waals surface area contributed by atoms with Crippen molar-refractivity contribution >= 4 is 28.9 Å². The number of hydrogen-bond donors (Lipinski definition) is 2. The molecule has 0 saturated carbocycles. The van der Waals surface area contributed by atoms with Crippen molar-refractivity contribution in [2.75, 3.05) is 32.6 Å². The van der Waals surface area contributed by atoms with Gasteiger partial charge in [0.2, 0.25) is 0 Å². The lowest BCUT2D eigenvalue weighted by molar-refractivity contribution is 0.0977. The summed E-state index contributed by atoms with van der Waals surface area (Å²) in [6, 6.07) is 16.4. The van der Waals surface area contributed by atoms with Crippen LogP contribution in [0.3, 0.4) is 0 Å². The quantitative estimate of drug-likeness (QED) is 0.790. The van der Waals surface area contributed by atoms with E-state index in [2.05, 4.69) is 10.6 Å². The predicted octanol–water partition coefficient (Wildman–Crippen LogP) is 2.75. The fourth-order valence-electron chi connectivity index (χ4n) is 1.95. The predicted molar refractivity (Wildman–Crippen MR) is 101 cm³/mol. The van der Waals surface area contributed by atoms with Crippen molar-refractivity contribution in [1.29, 1.82) is 0 Å². The summed E-state index contributed by atoms with van der Waals surface area (Å²) in [5, 5.41) is 5.90. The van der Waals surface area contributed by atoms with Gasteiger partial charge in [-0.05, 0) is 50.6 Å². The maximum Gasteiger partial charge on any atom is 0.257 e. The van der Waals surface area contributed by atoms with Gasteiger partial charge in [0.05, 0.1) is 5.69 Å². The van der Waals surface area contributed by atoms with E-state index in [4.69, 9.17) is 17.0 Å². The van der Waals surface area contributed by atoms with Crippen LogP contribution in [0, 0.1) is 0 Å². The van der Waals surface area contributed by atoms with Crippen molar-refractivity contribution in [1.82, 2.24) is 10.2 Å². The molecule has 0 unspecified atom stereocenters. The topological polar surface area (TPSA) is 53.6 Å². The van der Waals surface area contributed by atoms with E-state index in [-0.39, 0.29) is 11.0 Å². The zero-order valence-corrected chi connectivity index (χ0v) is 14.6. The van der Waals surface area contributed by atoms with Crippen molar-refractivity contribution in [3.8, 4) is 5.75 Å². The Morgan fingerprint density at radius 1 is 1.08 bits per heavy atom. The molecule has 126 valence electrons. The lowest BCUT2D eigenvalue weighted by Gasteiger charge is -2.15. The van der Waals surface area contributed by atoms with Crippen LogP contribution in [0.15, 0.2) is 54.6 Å². The van der Waals surface area contributed by atoms with Gasteiger partial charge in [-0.15, -0.1) is 0 Å². The van der Waals surface area contributed by atoms with Gasteiger partial charge >= 0.3 is 0 Å². The molecule has 0 aliphatic rings. The summed E-state index contributed by atoms with van der Waals surface area (Å²) in [7, 11) is 3.98. The molecule has 0 radical (unpaired) electrons. The number of amides is 1. The van der Waals surface area contributed by atoms with Crippen molar-refractivity contribution in [3.63, 3.8) is 0 Å². The maximum atomic E-state index is 12.1. The number of rotatable bonds is 6. The van der Waals surface area contributed by atoms with Crippen molar-refractivity contribution in [2.45, 2.75) is 0 Å². The molecule has 1 amide bonds. The summed E-state index contributed by atoms with van der Waals surface area (Å²) in [5.74, 6) is 0.440. The van der Waals surface area contributed by atoms with Crippen LogP contribution < -0.4 is 15.4 Å². The van der Waals surface area contributed by atoms with Crippen LogP contribution in [-0.2, 0) is 0 Å². The molecular weight excluding hydrogens is 322 g/mol. The third-order valence-electron chi connectivity index (χ3n) is 3.19. The van der Waals surface area contributed by atoms with Crippen LogP contribution in [0.4, 0.5) is 5.69 Å². The third kappa shape index (κ3) is 5.64. The van der Waals surface area contributed by atoms with Gasteiger partial charge in [0.1, 0.15) is 12.4 Å². The van der Waals surface area contributed by atoms with Crippen molar-refractivity contribution < 1.29 is 9.53 Å². The molecule has 6 heteroatoms. The van der Waals surface area contributed by atoms with E-state index in [1.54, 1.807) is 24.3 Å². The van der Waals surface area contributed by atoms with Gasteiger partial charge in [0.15, 0.2) is 5.11 Å². The minimum absolute atomic E-state index is 0.229. The zero-order valence-electron chi connectivity index (χ0n) is 13.8. The molecule has 0 atom stereocenters. The Morgan fingerprint density at radius 2 is 1.75 bits per heavy atom. The van der Waals surface area contributed by atoms with Crippen LogP contribution in [0.25, 0.3) is 0 Å². The van der Waals surface area contributed by atoms with E-state index in [9.17, 15) is 4.79 Å². The molecule has 0 heterocycles. The number of para-hydroxylation sites is 2. The van der Waals surface area contributed by atoms with Gasteiger partial charge in [0.25, 0.3) is 5.91 Å². The summed E-state index contributed by atoms with van der Waals surface area (Å²) >= 11 is 5.22. The standard InChI is InChI=1S/C18H21N3O2S/c1-21(2)12-13-23-16-11-7-6-10-15(16)19-18(24)20-17(22)14-8-4-3-5-9-14/h3-11H,12-13H2,1-2H3,(H2,19,20,22,24). The van der Waals surface area contributed by atoms with Gasteiger partial charge in [-0.25, -0.2) is 0 Å². The van der Waals surface area contributed by atoms with Crippen molar-refractivity contribution in [2.24, 2.45) is 0 Å². The molecule has 0 bridgehead atoms. The number of nitrogens with zero attached hydrogens (tertiary/aromatic N) is 1. The molecule has 2 rings (SSSR count). The first-order chi connectivity index (χ1) is 11.6. The number of ether oxygens (including phenoxy) is 1. The number of anilines is 1. The average molecular weight is 343 g/mol. The second-order valence-corrected chi connectivity index (χ2v) is 5.83. The molecule has 0 aliphatic carbocycles. The largest absolute Gasteiger partial charge is 0.490 e. The number of thiocarbonyl (C=S) groups is 1. The molecular formula is C18H21N3O2S. The average Bonchev–Trinajstić information content (AvgIpc) is 2.57. The van der Waals surface area contributed by atoms with Gasteiger partial charge in [-0.3, -0.25) is 10.1 Å². The van der Waals surface area contributed by atoms with Gasteiger partial charge < -0.3 is 15.0 Å². The van der Waals surface area contributed by atoms with Crippen LogP contribution in [0.1, 0.15) is 10.4 Å². The highest BCUT2D eigenvalue weighted by atomic mass is 32.1. The second-order valence-electron chi connectivity index (χ2n) is 5.42. The Balaban J connectivity index is 1.95. The molecule has 0 fully saturated rings. The van der Waals surface area contributed by atoms with E-state index < -0.39 is 0 Å². The molecule has 24 heavy (non-hydrogen) atoms. The van der Waals surface area contributed by atoms with E-state index in [0.717, 1.165) is 12.2 Å². The third-order valence-corrected chi connectivity index (χ3v) is 3.40. The number of carbonyl (C=O) groups excluding carboxylic acids is 1. The van der Waals surface area contributed by atoms with Crippen molar-refractivity contribution in [3.05, 3.63) is 60.2 Å². The smallest absolute Gasteiger partial charge is 0.257 e. The fourth-order valence-corrected chi connectivity index (χ4v) is 2.15. The normalized spacial score (nSPS) is 10.3. The highest BCUT2D eigenvalue weighted by molar-refractivity contribution is 7.80. The van der Waals surface area contributed by atoms with Gasteiger partial charge in [0, 0.05) is 12.1 Å². The first-order valence-electron chi connectivity index (χ1n) is 7.60. The number of hydrogen-bond acceptors (Lipinski definition) is 4. The Hall–Kier alpha value is -2.44. The summed E-state index contributed by atoms with van der Waals surface area (Å²) in [6.45, 7) is 1.37. The molecule has 0 aromatic heterocycles. The Kier molecular flexibility index (Phi) is 6.72. The van der Waals surface area contributed by atoms with Crippen LogP contribution in [0.2, 0.25) is 0 Å².